The van der Waals surface area contributed by atoms with E-state index in [2.05, 4.69) is 5.32 Å². The summed E-state index contributed by atoms with van der Waals surface area (Å²) in [7, 11) is -3.62. The average Bonchev–Trinajstić information content (AvgIpc) is 3.53. The second-order valence-corrected chi connectivity index (χ2v) is 10.3. The van der Waals surface area contributed by atoms with Crippen molar-refractivity contribution in [2.75, 3.05) is 39.4 Å². The Hall–Kier alpha value is -2.17. The molecule has 170 valence electrons. The van der Waals surface area contributed by atoms with E-state index in [1.165, 1.54) is 22.0 Å². The third kappa shape index (κ3) is 5.75. The highest BCUT2D eigenvalue weighted by Gasteiger charge is 2.31. The van der Waals surface area contributed by atoms with Crippen LogP contribution < -0.4 is 10.1 Å². The van der Waals surface area contributed by atoms with Crippen molar-refractivity contribution in [3.05, 3.63) is 24.3 Å². The van der Waals surface area contributed by atoms with Crippen LogP contribution in [0.2, 0.25) is 0 Å². The van der Waals surface area contributed by atoms with Crippen molar-refractivity contribution in [3.63, 3.8) is 0 Å². The highest BCUT2D eigenvalue weighted by Crippen LogP contribution is 2.30. The van der Waals surface area contributed by atoms with Gasteiger partial charge >= 0.3 is 6.03 Å². The Morgan fingerprint density at radius 3 is 2.74 bits per heavy atom. The van der Waals surface area contributed by atoms with E-state index in [1.54, 1.807) is 24.3 Å². The number of ether oxygens (including phenoxy) is 2. The number of hydrogen-bond donors (Lipinski definition) is 1. The monoisotopic (exact) mass is 451 g/mol. The molecule has 10 heteroatoms. The highest BCUT2D eigenvalue weighted by molar-refractivity contribution is 7.89. The summed E-state index contributed by atoms with van der Waals surface area (Å²) >= 11 is 0. The maximum atomic E-state index is 13.1. The molecule has 1 aromatic rings. The summed E-state index contributed by atoms with van der Waals surface area (Å²) in [5.41, 5.74) is 0. The fraction of sp³-hybridized carbons (Fsp3) is 0.619. The second kappa shape index (κ2) is 9.54. The molecule has 1 atom stereocenters. The summed E-state index contributed by atoms with van der Waals surface area (Å²) in [6.45, 7) is 2.32. The second-order valence-electron chi connectivity index (χ2n) is 8.36. The lowest BCUT2D eigenvalue weighted by molar-refractivity contribution is -0.118. The first-order valence-corrected chi connectivity index (χ1v) is 12.3. The fourth-order valence-electron chi connectivity index (χ4n) is 3.80. The minimum atomic E-state index is -3.62. The van der Waals surface area contributed by atoms with E-state index in [-0.39, 0.29) is 29.5 Å². The number of carbonyl (C=O) groups is 2. The average molecular weight is 452 g/mol. The molecule has 4 rings (SSSR count). The molecule has 0 bridgehead atoms. The molecule has 1 saturated carbocycles. The third-order valence-corrected chi connectivity index (χ3v) is 7.62. The Morgan fingerprint density at radius 2 is 2.00 bits per heavy atom. The molecule has 1 N–H and O–H groups in total. The van der Waals surface area contributed by atoms with Gasteiger partial charge in [0.1, 0.15) is 12.3 Å². The molecule has 3 amide bonds. The van der Waals surface area contributed by atoms with E-state index >= 15 is 0 Å². The summed E-state index contributed by atoms with van der Waals surface area (Å²) in [4.78, 5) is 24.4. The van der Waals surface area contributed by atoms with Crippen LogP contribution in [-0.4, -0.2) is 75.1 Å². The van der Waals surface area contributed by atoms with Crippen LogP contribution in [0.5, 0.6) is 5.75 Å². The lowest BCUT2D eigenvalue weighted by Gasteiger charge is -2.32. The van der Waals surface area contributed by atoms with Gasteiger partial charge in [0, 0.05) is 32.3 Å². The smallest absolute Gasteiger partial charge is 0.324 e. The lowest BCUT2D eigenvalue weighted by atomic mass is 10.1. The minimum absolute atomic E-state index is 0.0811. The largest absolute Gasteiger partial charge is 0.493 e. The summed E-state index contributed by atoms with van der Waals surface area (Å²) in [6.07, 6.45) is 4.27. The predicted octanol–water partition coefficient (Wildman–Crippen LogP) is 1.59. The van der Waals surface area contributed by atoms with Crippen molar-refractivity contribution in [2.24, 2.45) is 5.92 Å². The fourth-order valence-corrected chi connectivity index (χ4v) is 5.35. The number of urea groups is 1. The summed E-state index contributed by atoms with van der Waals surface area (Å²) in [5.74, 6) is 0.892. The molecule has 0 radical (unpaired) electrons. The van der Waals surface area contributed by atoms with Crippen LogP contribution in [0.3, 0.4) is 0 Å². The van der Waals surface area contributed by atoms with Gasteiger partial charge < -0.3 is 14.4 Å². The van der Waals surface area contributed by atoms with E-state index in [9.17, 15) is 18.0 Å². The number of nitrogens with one attached hydrogen (secondary N) is 1. The van der Waals surface area contributed by atoms with Gasteiger partial charge in [-0.15, -0.1) is 0 Å². The van der Waals surface area contributed by atoms with Crippen LogP contribution in [-0.2, 0) is 19.6 Å². The Balaban J connectivity index is 1.27. The number of imide groups is 1. The molecule has 0 spiro atoms. The van der Waals surface area contributed by atoms with Crippen LogP contribution in [0.15, 0.2) is 29.2 Å². The molecule has 1 aliphatic carbocycles. The Bertz CT molecular complexity index is 917. The molecule has 9 nitrogen and oxygen atoms in total. The van der Waals surface area contributed by atoms with Crippen molar-refractivity contribution in [1.29, 1.82) is 0 Å². The van der Waals surface area contributed by atoms with E-state index in [0.717, 1.165) is 12.8 Å². The molecule has 3 aliphatic rings. The zero-order valence-electron chi connectivity index (χ0n) is 17.5. The zero-order chi connectivity index (χ0) is 21.8. The van der Waals surface area contributed by atoms with Crippen LogP contribution in [0.1, 0.15) is 32.1 Å². The van der Waals surface area contributed by atoms with Crippen LogP contribution in [0.25, 0.3) is 0 Å². The first-order chi connectivity index (χ1) is 14.9. The van der Waals surface area contributed by atoms with Crippen molar-refractivity contribution < 1.29 is 27.5 Å². The van der Waals surface area contributed by atoms with Gasteiger partial charge in [-0.1, -0.05) is 6.07 Å². The maximum Gasteiger partial charge on any atom is 0.324 e. The van der Waals surface area contributed by atoms with Crippen LogP contribution in [0, 0.1) is 5.92 Å². The molecule has 2 heterocycles. The Kier molecular flexibility index (Phi) is 6.78. The van der Waals surface area contributed by atoms with E-state index in [0.29, 0.717) is 50.9 Å². The number of rotatable bonds is 10. The van der Waals surface area contributed by atoms with Crippen LogP contribution >= 0.6 is 0 Å². The van der Waals surface area contributed by atoms with E-state index in [1.807, 2.05) is 0 Å². The van der Waals surface area contributed by atoms with Crippen molar-refractivity contribution in [3.8, 4) is 5.75 Å². The third-order valence-electron chi connectivity index (χ3n) is 5.76. The Morgan fingerprint density at radius 1 is 1.16 bits per heavy atom. The minimum Gasteiger partial charge on any atom is -0.493 e. The standard InChI is InChI=1S/C21H29N3O6S/c25-20-14-23(21(26)22-20)9-3-11-29-18-5-2-10-24(13-18)31(27,28)19-6-1-4-17(12-19)30-15-16-7-8-16/h1,4,6,12,16,18H,2-3,5,7-11,13-15H2,(H,22,25,26)/t18-/m1/s1. The molecule has 0 unspecified atom stereocenters. The van der Waals surface area contributed by atoms with Gasteiger partial charge in [-0.3, -0.25) is 10.1 Å². The summed E-state index contributed by atoms with van der Waals surface area (Å²) < 4.78 is 39.4. The molecule has 0 aromatic heterocycles. The zero-order valence-corrected chi connectivity index (χ0v) is 18.3. The SMILES string of the molecule is O=C1CN(CCCO[C@@H]2CCCN(S(=O)(=O)c3cccc(OCC4CC4)c3)C2)C(=O)N1. The van der Waals surface area contributed by atoms with Gasteiger partial charge in [-0.25, -0.2) is 13.2 Å². The first-order valence-electron chi connectivity index (χ1n) is 10.9. The van der Waals surface area contributed by atoms with Gasteiger partial charge in [0.05, 0.1) is 17.6 Å². The maximum absolute atomic E-state index is 13.1. The van der Waals surface area contributed by atoms with Crippen molar-refractivity contribution >= 4 is 22.0 Å². The molecule has 2 aliphatic heterocycles. The quantitative estimate of drug-likeness (QED) is 0.428. The number of benzene rings is 1. The Labute approximate surface area is 182 Å². The molecule has 1 aromatic carbocycles. The molecular formula is C21H29N3O6S. The van der Waals surface area contributed by atoms with Crippen molar-refractivity contribution in [2.45, 2.75) is 43.1 Å². The van der Waals surface area contributed by atoms with E-state index < -0.39 is 10.0 Å². The number of piperidine rings is 1. The summed E-state index contributed by atoms with van der Waals surface area (Å²) in [5, 5.41) is 2.24. The van der Waals surface area contributed by atoms with Crippen molar-refractivity contribution in [1.82, 2.24) is 14.5 Å². The number of carbonyl (C=O) groups excluding carboxylic acids is 2. The normalized spacial score (nSPS) is 22.6. The van der Waals surface area contributed by atoms with Gasteiger partial charge in [0.25, 0.3) is 0 Å². The molecule has 3 fully saturated rings. The molecule has 2 saturated heterocycles. The van der Waals surface area contributed by atoms with E-state index in [4.69, 9.17) is 9.47 Å². The summed E-state index contributed by atoms with van der Waals surface area (Å²) in [6, 6.07) is 6.34. The van der Waals surface area contributed by atoms with Gasteiger partial charge in [-0.05, 0) is 50.2 Å². The van der Waals surface area contributed by atoms with Gasteiger partial charge in [0.15, 0.2) is 0 Å². The van der Waals surface area contributed by atoms with Crippen LogP contribution in [0.4, 0.5) is 4.79 Å². The molecule has 31 heavy (non-hydrogen) atoms. The topological polar surface area (TPSA) is 105 Å². The van der Waals surface area contributed by atoms with Gasteiger partial charge in [-0.2, -0.15) is 4.31 Å². The molecular weight excluding hydrogens is 422 g/mol. The number of sulfonamides is 1. The number of hydrogen-bond acceptors (Lipinski definition) is 6. The highest BCUT2D eigenvalue weighted by atomic mass is 32.2. The van der Waals surface area contributed by atoms with Gasteiger partial charge in [0.2, 0.25) is 15.9 Å². The lowest BCUT2D eigenvalue weighted by Crippen LogP contribution is -2.43. The number of amides is 3. The first kappa shape index (κ1) is 22.0. The number of nitrogens with zero attached hydrogens (tertiary/aromatic N) is 2. The predicted molar refractivity (Wildman–Crippen MR) is 112 cm³/mol.